The van der Waals surface area contributed by atoms with E-state index < -0.39 is 14.4 Å². The molecule has 0 aliphatic heterocycles. The highest BCUT2D eigenvalue weighted by atomic mass is 28.4. The first-order valence-corrected chi connectivity index (χ1v) is 24.4. The van der Waals surface area contributed by atoms with Crippen LogP contribution in [0.1, 0.15) is 82.1 Å². The molecule has 7 rings (SSSR count). The largest absolute Gasteiger partial charge is 0.506 e. The highest BCUT2D eigenvalue weighted by Crippen LogP contribution is 2.41. The van der Waals surface area contributed by atoms with E-state index in [1.807, 2.05) is 36.4 Å². The van der Waals surface area contributed by atoms with Gasteiger partial charge in [-0.2, -0.15) is 0 Å². The SMILES string of the molecule is CC(C)(C)[Si](C)(C)O[C@H](CNCc1ccc2c(ccn2CCCCc2ccc(-c3ccccc3)c(N(C(=O)O)C3CCC(N)CC3)c2)c1)c1ccc(O)c2[nH]c(=O)ccc12. The van der Waals surface area contributed by atoms with Crippen molar-refractivity contribution in [2.24, 2.45) is 5.73 Å². The summed E-state index contributed by atoms with van der Waals surface area (Å²) in [6.07, 6.45) is 6.99. The lowest BCUT2D eigenvalue weighted by Gasteiger charge is -2.39. The summed E-state index contributed by atoms with van der Waals surface area (Å²) in [5.41, 5.74) is 13.5. The minimum Gasteiger partial charge on any atom is -0.506 e. The summed E-state index contributed by atoms with van der Waals surface area (Å²) in [5, 5.41) is 26.7. The van der Waals surface area contributed by atoms with Gasteiger partial charge in [0.25, 0.3) is 0 Å². The summed E-state index contributed by atoms with van der Waals surface area (Å²) >= 11 is 0. The molecule has 2 aromatic heterocycles. The number of hydrogen-bond donors (Lipinski definition) is 5. The van der Waals surface area contributed by atoms with Crippen LogP contribution in [-0.2, 0) is 23.9 Å². The van der Waals surface area contributed by atoms with E-state index in [9.17, 15) is 19.8 Å². The second kappa shape index (κ2) is 18.2. The highest BCUT2D eigenvalue weighted by molar-refractivity contribution is 6.74. The standard InChI is InChI=1S/C49H61N5O5Si/c1-49(2,3)60(4,5)59-45(40-21-24-44(55)47-41(40)22-25-46(56)52-47)32-51-31-34-15-23-42-36(29-34)26-28-53(42)27-10-9-11-33-14-20-39(35-12-7-6-8-13-35)43(30-33)54(48(57)58)38-18-16-37(50)17-19-38/h6-8,12-15,20-26,28-30,37-38,45,51,55H,9-11,16-19,27,31-32,50H2,1-5H3,(H,52,56)(H,57,58)/t37?,38?,45-/m1/s1. The van der Waals surface area contributed by atoms with Crippen LogP contribution in [-0.4, -0.2) is 52.8 Å². The molecule has 2 heterocycles. The number of rotatable bonds is 15. The molecule has 0 bridgehead atoms. The Morgan fingerprint density at radius 2 is 1.70 bits per heavy atom. The Morgan fingerprint density at radius 3 is 2.43 bits per heavy atom. The molecular formula is C49H61N5O5Si. The third-order valence-electron chi connectivity index (χ3n) is 12.8. The van der Waals surface area contributed by atoms with E-state index in [4.69, 9.17) is 10.2 Å². The molecule has 1 aliphatic carbocycles. The van der Waals surface area contributed by atoms with Gasteiger partial charge < -0.3 is 35.2 Å². The first-order chi connectivity index (χ1) is 28.7. The number of H-pyrrole nitrogens is 1. The van der Waals surface area contributed by atoms with Gasteiger partial charge in [-0.05, 0) is 127 Å². The lowest BCUT2D eigenvalue weighted by Crippen LogP contribution is -2.44. The number of carbonyl (C=O) groups is 1. The number of aromatic amines is 1. The number of unbranched alkanes of at least 4 members (excludes halogenated alkanes) is 1. The van der Waals surface area contributed by atoms with E-state index in [0.29, 0.717) is 18.6 Å². The minimum atomic E-state index is -2.20. The van der Waals surface area contributed by atoms with Crippen LogP contribution in [0.25, 0.3) is 32.9 Å². The van der Waals surface area contributed by atoms with E-state index >= 15 is 0 Å². The number of pyridine rings is 1. The van der Waals surface area contributed by atoms with Crippen LogP contribution in [0.2, 0.25) is 18.1 Å². The van der Waals surface area contributed by atoms with Gasteiger partial charge >= 0.3 is 6.09 Å². The number of anilines is 1. The quantitative estimate of drug-likeness (QED) is 0.0512. The fraction of sp³-hybridized carbons (Fsp3) is 0.388. The van der Waals surface area contributed by atoms with Gasteiger partial charge in [0.15, 0.2) is 8.32 Å². The number of aryl methyl sites for hydroxylation is 2. The third-order valence-corrected chi connectivity index (χ3v) is 17.3. The molecule has 0 spiro atoms. The molecule has 0 radical (unpaired) electrons. The molecule has 1 fully saturated rings. The van der Waals surface area contributed by atoms with Crippen molar-refractivity contribution in [1.29, 1.82) is 0 Å². The van der Waals surface area contributed by atoms with Crippen LogP contribution in [0.3, 0.4) is 0 Å². The van der Waals surface area contributed by atoms with Crippen molar-refractivity contribution in [2.75, 3.05) is 11.4 Å². The van der Waals surface area contributed by atoms with Gasteiger partial charge in [-0.25, -0.2) is 4.79 Å². The predicted octanol–water partition coefficient (Wildman–Crippen LogP) is 10.5. The molecule has 10 nitrogen and oxygen atoms in total. The molecule has 11 heteroatoms. The summed E-state index contributed by atoms with van der Waals surface area (Å²) in [6, 6.07) is 32.1. The van der Waals surface area contributed by atoms with Gasteiger partial charge in [0.2, 0.25) is 5.56 Å². The lowest BCUT2D eigenvalue weighted by atomic mass is 9.89. The topological polar surface area (TPSA) is 146 Å². The molecule has 1 atom stereocenters. The Balaban J connectivity index is 1.00. The zero-order valence-corrected chi connectivity index (χ0v) is 36.7. The van der Waals surface area contributed by atoms with Crippen molar-refractivity contribution in [3.63, 3.8) is 0 Å². The van der Waals surface area contributed by atoms with Crippen LogP contribution in [0, 0.1) is 0 Å². The summed E-state index contributed by atoms with van der Waals surface area (Å²) in [6.45, 7) is 13.3. The zero-order chi connectivity index (χ0) is 42.6. The first kappa shape index (κ1) is 42.9. The number of nitrogens with two attached hydrogens (primary N) is 1. The molecule has 316 valence electrons. The maximum atomic E-state index is 12.8. The summed E-state index contributed by atoms with van der Waals surface area (Å²) < 4.78 is 9.32. The van der Waals surface area contributed by atoms with Gasteiger partial charge in [-0.3, -0.25) is 9.69 Å². The molecule has 1 amide bonds. The van der Waals surface area contributed by atoms with Crippen molar-refractivity contribution in [3.05, 3.63) is 130 Å². The van der Waals surface area contributed by atoms with Crippen LogP contribution in [0.4, 0.5) is 10.5 Å². The second-order valence-corrected chi connectivity index (χ2v) is 22.8. The Labute approximate surface area is 354 Å². The van der Waals surface area contributed by atoms with Crippen LogP contribution in [0.5, 0.6) is 5.75 Å². The molecule has 1 aliphatic rings. The predicted molar refractivity (Wildman–Crippen MR) is 246 cm³/mol. The third kappa shape index (κ3) is 9.71. The van der Waals surface area contributed by atoms with Gasteiger partial charge in [0.1, 0.15) is 5.75 Å². The zero-order valence-electron chi connectivity index (χ0n) is 35.7. The van der Waals surface area contributed by atoms with E-state index in [0.717, 1.165) is 84.8 Å². The van der Waals surface area contributed by atoms with E-state index in [2.05, 4.69) is 97.4 Å². The number of nitrogens with one attached hydrogen (secondary N) is 2. The molecule has 4 aromatic carbocycles. The summed E-state index contributed by atoms with van der Waals surface area (Å²) in [4.78, 5) is 29.4. The Hall–Kier alpha value is -5.20. The smallest absolute Gasteiger partial charge is 0.412 e. The Bertz CT molecular complexity index is 2480. The maximum absolute atomic E-state index is 12.8. The molecule has 0 saturated heterocycles. The number of phenolic OH excluding ortho intramolecular Hbond substituents is 1. The minimum absolute atomic E-state index is 0.00390. The van der Waals surface area contributed by atoms with Crippen molar-refractivity contribution in [2.45, 2.75) is 115 Å². The van der Waals surface area contributed by atoms with Crippen molar-refractivity contribution in [1.82, 2.24) is 14.9 Å². The second-order valence-electron chi connectivity index (χ2n) is 18.1. The first-order valence-electron chi connectivity index (χ1n) is 21.5. The number of fused-ring (bicyclic) bond motifs is 2. The van der Waals surface area contributed by atoms with Crippen molar-refractivity contribution in [3.8, 4) is 16.9 Å². The van der Waals surface area contributed by atoms with Gasteiger partial charge in [-0.1, -0.05) is 75.4 Å². The van der Waals surface area contributed by atoms with E-state index in [1.165, 1.54) is 22.5 Å². The van der Waals surface area contributed by atoms with Crippen LogP contribution >= 0.6 is 0 Å². The molecule has 1 saturated carbocycles. The molecule has 6 N–H and O–H groups in total. The van der Waals surface area contributed by atoms with Gasteiger partial charge in [-0.15, -0.1) is 0 Å². The number of hydrogen-bond acceptors (Lipinski definition) is 6. The van der Waals surface area contributed by atoms with Crippen molar-refractivity contribution < 1.29 is 19.4 Å². The maximum Gasteiger partial charge on any atom is 0.412 e. The Kier molecular flexibility index (Phi) is 13.0. The van der Waals surface area contributed by atoms with Gasteiger partial charge in [0, 0.05) is 60.4 Å². The fourth-order valence-corrected chi connectivity index (χ4v) is 9.69. The number of benzene rings is 4. The summed E-state index contributed by atoms with van der Waals surface area (Å²) in [5.74, 6) is 0.0406. The van der Waals surface area contributed by atoms with Gasteiger partial charge in [0.05, 0.1) is 17.3 Å². The fourth-order valence-electron chi connectivity index (χ4n) is 8.41. The number of amides is 1. The lowest BCUT2D eigenvalue weighted by molar-refractivity contribution is 0.181. The van der Waals surface area contributed by atoms with E-state index in [1.54, 1.807) is 17.0 Å². The van der Waals surface area contributed by atoms with Crippen molar-refractivity contribution >= 4 is 41.9 Å². The number of phenols is 1. The molecule has 60 heavy (non-hydrogen) atoms. The molecule has 6 aromatic rings. The number of nitrogens with zero attached hydrogens (tertiary/aromatic N) is 2. The van der Waals surface area contributed by atoms with Crippen LogP contribution in [0.15, 0.2) is 108 Å². The Morgan fingerprint density at radius 1 is 0.950 bits per heavy atom. The highest BCUT2D eigenvalue weighted by Gasteiger charge is 2.40. The monoisotopic (exact) mass is 827 g/mol. The number of aromatic hydroxyl groups is 1. The average Bonchev–Trinajstić information content (AvgIpc) is 3.62. The molecule has 0 unspecified atom stereocenters. The summed E-state index contributed by atoms with van der Waals surface area (Å²) in [7, 11) is -2.20. The normalized spacial score (nSPS) is 16.6. The number of carboxylic acid groups (broad SMARTS) is 1. The molecular weight excluding hydrogens is 767 g/mol. The van der Waals surface area contributed by atoms with E-state index in [-0.39, 0.29) is 34.5 Å². The van der Waals surface area contributed by atoms with Crippen LogP contribution < -0.4 is 21.5 Å². The average molecular weight is 828 g/mol. The number of aromatic nitrogens is 2.